The third-order valence-electron chi connectivity index (χ3n) is 3.90. The van der Waals surface area contributed by atoms with Crippen molar-refractivity contribution in [2.45, 2.75) is 65.1 Å². The zero-order chi connectivity index (χ0) is 20.9. The maximum absolute atomic E-state index is 12.8. The molecule has 4 heteroatoms. The van der Waals surface area contributed by atoms with Crippen molar-refractivity contribution in [2.24, 2.45) is 0 Å². The first-order valence-electron chi connectivity index (χ1n) is 9.55. The van der Waals surface area contributed by atoms with Crippen molar-refractivity contribution in [1.82, 2.24) is 0 Å². The summed E-state index contributed by atoms with van der Waals surface area (Å²) in [6.45, 7) is 10.9. The van der Waals surface area contributed by atoms with E-state index in [1.807, 2.05) is 96.1 Å². The number of ether oxygens (including phenoxy) is 2. The quantitative estimate of drug-likeness (QED) is 0.640. The van der Waals surface area contributed by atoms with Gasteiger partial charge in [0.05, 0.1) is 12.3 Å². The second kappa shape index (κ2) is 8.59. The number of esters is 2. The van der Waals surface area contributed by atoms with Crippen LogP contribution in [0.1, 0.15) is 59.4 Å². The zero-order valence-electron chi connectivity index (χ0n) is 17.6. The highest BCUT2D eigenvalue weighted by molar-refractivity contribution is 5.85. The zero-order valence-corrected chi connectivity index (χ0v) is 17.6. The Morgan fingerprint density at radius 1 is 0.750 bits per heavy atom. The van der Waals surface area contributed by atoms with Gasteiger partial charge in [0.2, 0.25) is 0 Å². The highest BCUT2D eigenvalue weighted by Crippen LogP contribution is 2.28. The second-order valence-corrected chi connectivity index (χ2v) is 8.86. The molecule has 0 fully saturated rings. The van der Waals surface area contributed by atoms with Crippen molar-refractivity contribution in [3.8, 4) is 11.1 Å². The summed E-state index contributed by atoms with van der Waals surface area (Å²) in [5, 5.41) is 0. The predicted octanol–water partition coefficient (Wildman–Crippen LogP) is 5.51. The summed E-state index contributed by atoms with van der Waals surface area (Å²) in [6, 6.07) is 17.7. The van der Waals surface area contributed by atoms with E-state index in [0.717, 1.165) is 16.7 Å². The smallest absolute Gasteiger partial charge is 0.314 e. The van der Waals surface area contributed by atoms with Crippen LogP contribution in [0, 0.1) is 0 Å². The minimum Gasteiger partial charge on any atom is -0.460 e. The van der Waals surface area contributed by atoms with Crippen LogP contribution in [0.25, 0.3) is 11.1 Å². The molecule has 0 saturated heterocycles. The lowest BCUT2D eigenvalue weighted by atomic mass is 9.93. The van der Waals surface area contributed by atoms with Gasteiger partial charge in [-0.15, -0.1) is 0 Å². The second-order valence-electron chi connectivity index (χ2n) is 8.86. The van der Waals surface area contributed by atoms with Crippen LogP contribution in [-0.2, 0) is 19.1 Å². The SMILES string of the molecule is CC(C)(C)OC(=O)C[C@H](C(=O)OC(C)(C)C)c1ccc(-c2ccccc2)cc1. The van der Waals surface area contributed by atoms with Gasteiger partial charge in [0.25, 0.3) is 0 Å². The van der Waals surface area contributed by atoms with Gasteiger partial charge in [-0.2, -0.15) is 0 Å². The minimum atomic E-state index is -0.709. The fourth-order valence-electron chi connectivity index (χ4n) is 2.80. The van der Waals surface area contributed by atoms with E-state index in [4.69, 9.17) is 9.47 Å². The fourth-order valence-corrected chi connectivity index (χ4v) is 2.80. The first-order valence-corrected chi connectivity index (χ1v) is 9.55. The first kappa shape index (κ1) is 21.7. The minimum absolute atomic E-state index is 0.0587. The van der Waals surface area contributed by atoms with Crippen molar-refractivity contribution >= 4 is 11.9 Å². The molecule has 2 aromatic carbocycles. The summed E-state index contributed by atoms with van der Waals surface area (Å²) >= 11 is 0. The molecule has 0 unspecified atom stereocenters. The van der Waals surface area contributed by atoms with Gasteiger partial charge < -0.3 is 9.47 Å². The van der Waals surface area contributed by atoms with Crippen LogP contribution in [0.2, 0.25) is 0 Å². The Morgan fingerprint density at radius 2 is 1.25 bits per heavy atom. The van der Waals surface area contributed by atoms with Gasteiger partial charge in [-0.1, -0.05) is 54.6 Å². The number of hydrogen-bond acceptors (Lipinski definition) is 4. The molecular weight excluding hydrogens is 352 g/mol. The summed E-state index contributed by atoms with van der Waals surface area (Å²) in [7, 11) is 0. The van der Waals surface area contributed by atoms with Crippen LogP contribution in [0.4, 0.5) is 0 Å². The molecule has 0 spiro atoms. The van der Waals surface area contributed by atoms with Crippen molar-refractivity contribution < 1.29 is 19.1 Å². The van der Waals surface area contributed by atoms with Crippen LogP contribution in [0.15, 0.2) is 54.6 Å². The van der Waals surface area contributed by atoms with Gasteiger partial charge in [-0.3, -0.25) is 9.59 Å². The summed E-state index contributed by atoms with van der Waals surface area (Å²) in [6.07, 6.45) is -0.0587. The Morgan fingerprint density at radius 3 is 1.75 bits per heavy atom. The standard InChI is InChI=1S/C24H30O4/c1-23(2,3)27-21(25)16-20(22(26)28-24(4,5)6)19-14-12-18(13-15-19)17-10-8-7-9-11-17/h7-15,20H,16H2,1-6H3/t20-/m0/s1. The molecule has 4 nitrogen and oxygen atoms in total. The van der Waals surface area contributed by atoms with E-state index in [1.165, 1.54) is 0 Å². The van der Waals surface area contributed by atoms with Crippen LogP contribution in [-0.4, -0.2) is 23.1 Å². The van der Waals surface area contributed by atoms with Gasteiger partial charge in [-0.05, 0) is 58.2 Å². The topological polar surface area (TPSA) is 52.6 Å². The lowest BCUT2D eigenvalue weighted by molar-refractivity contribution is -0.164. The predicted molar refractivity (Wildman–Crippen MR) is 111 cm³/mol. The molecule has 0 aliphatic rings. The van der Waals surface area contributed by atoms with Gasteiger partial charge in [-0.25, -0.2) is 0 Å². The van der Waals surface area contributed by atoms with Crippen LogP contribution in [0.3, 0.4) is 0 Å². The first-order chi connectivity index (χ1) is 12.9. The molecule has 28 heavy (non-hydrogen) atoms. The van der Waals surface area contributed by atoms with E-state index in [-0.39, 0.29) is 6.42 Å². The molecule has 0 amide bonds. The summed E-state index contributed by atoms with van der Waals surface area (Å²) in [4.78, 5) is 25.2. The Kier molecular flexibility index (Phi) is 6.65. The van der Waals surface area contributed by atoms with E-state index in [9.17, 15) is 9.59 Å². The Labute approximate surface area is 167 Å². The van der Waals surface area contributed by atoms with E-state index < -0.39 is 29.1 Å². The van der Waals surface area contributed by atoms with Gasteiger partial charge in [0, 0.05) is 0 Å². The van der Waals surface area contributed by atoms with Crippen molar-refractivity contribution in [3.63, 3.8) is 0 Å². The normalized spacial score (nSPS) is 12.9. The molecule has 0 aliphatic carbocycles. The Balaban J connectivity index is 2.27. The molecule has 0 N–H and O–H groups in total. The Bertz CT molecular complexity index is 793. The molecule has 1 atom stereocenters. The molecular formula is C24H30O4. The van der Waals surface area contributed by atoms with Crippen LogP contribution >= 0.6 is 0 Å². The van der Waals surface area contributed by atoms with Crippen molar-refractivity contribution in [2.75, 3.05) is 0 Å². The lowest BCUT2D eigenvalue weighted by Gasteiger charge is -2.25. The molecule has 0 heterocycles. The van der Waals surface area contributed by atoms with Gasteiger partial charge in [0.1, 0.15) is 11.2 Å². The third-order valence-corrected chi connectivity index (χ3v) is 3.90. The molecule has 0 aliphatic heterocycles. The highest BCUT2D eigenvalue weighted by Gasteiger charge is 2.30. The summed E-state index contributed by atoms with van der Waals surface area (Å²) < 4.78 is 11.0. The average Bonchev–Trinajstić information content (AvgIpc) is 2.57. The maximum Gasteiger partial charge on any atom is 0.314 e. The van der Waals surface area contributed by atoms with Crippen molar-refractivity contribution in [3.05, 3.63) is 60.2 Å². The number of hydrogen-bond donors (Lipinski definition) is 0. The van der Waals surface area contributed by atoms with Crippen LogP contribution < -0.4 is 0 Å². The van der Waals surface area contributed by atoms with Crippen molar-refractivity contribution in [1.29, 1.82) is 0 Å². The molecule has 0 radical (unpaired) electrons. The number of carbonyl (C=O) groups excluding carboxylic acids is 2. The Hall–Kier alpha value is -2.62. The molecule has 2 aromatic rings. The lowest BCUT2D eigenvalue weighted by Crippen LogP contribution is -2.31. The fraction of sp³-hybridized carbons (Fsp3) is 0.417. The summed E-state index contributed by atoms with van der Waals surface area (Å²) in [5.74, 6) is -1.56. The van der Waals surface area contributed by atoms with Gasteiger partial charge in [0.15, 0.2) is 0 Å². The molecule has 0 aromatic heterocycles. The third kappa shape index (κ3) is 6.84. The largest absolute Gasteiger partial charge is 0.460 e. The highest BCUT2D eigenvalue weighted by atomic mass is 16.6. The monoisotopic (exact) mass is 382 g/mol. The molecule has 150 valence electrons. The van der Waals surface area contributed by atoms with E-state index in [2.05, 4.69) is 0 Å². The van der Waals surface area contributed by atoms with Crippen LogP contribution in [0.5, 0.6) is 0 Å². The van der Waals surface area contributed by atoms with E-state index in [1.54, 1.807) is 0 Å². The number of rotatable bonds is 5. The number of carbonyl (C=O) groups is 2. The average molecular weight is 383 g/mol. The molecule has 0 saturated carbocycles. The maximum atomic E-state index is 12.8. The van der Waals surface area contributed by atoms with Gasteiger partial charge >= 0.3 is 11.9 Å². The number of benzene rings is 2. The molecule has 2 rings (SSSR count). The summed E-state index contributed by atoms with van der Waals surface area (Å²) in [5.41, 5.74) is 1.64. The molecule has 0 bridgehead atoms. The van der Waals surface area contributed by atoms with E-state index >= 15 is 0 Å². The van der Waals surface area contributed by atoms with E-state index in [0.29, 0.717) is 0 Å².